The molecule has 7 heteroatoms. The van der Waals surface area contributed by atoms with E-state index >= 15 is 0 Å². The number of carbonyl (C=O) groups is 1. The zero-order valence-electron chi connectivity index (χ0n) is 13.3. The van der Waals surface area contributed by atoms with Gasteiger partial charge >= 0.3 is 0 Å². The van der Waals surface area contributed by atoms with Gasteiger partial charge in [0.25, 0.3) is 5.91 Å². The second-order valence-corrected chi connectivity index (χ2v) is 6.52. The number of aryl methyl sites for hydroxylation is 1. The highest BCUT2D eigenvalue weighted by Gasteiger charge is 2.42. The average Bonchev–Trinajstić information content (AvgIpc) is 2.94. The fourth-order valence-corrected chi connectivity index (χ4v) is 3.42. The lowest BCUT2D eigenvalue weighted by molar-refractivity contribution is -0.157. The second-order valence-electron chi connectivity index (χ2n) is 6.52. The first kappa shape index (κ1) is 15.4. The van der Waals surface area contributed by atoms with Gasteiger partial charge in [0.05, 0.1) is 0 Å². The van der Waals surface area contributed by atoms with Crippen LogP contribution in [0.25, 0.3) is 0 Å². The molecule has 0 spiro atoms. The number of hydrogen-bond acceptors (Lipinski definition) is 6. The minimum atomic E-state index is -1.18. The molecule has 0 unspecified atom stereocenters. The van der Waals surface area contributed by atoms with Crippen molar-refractivity contribution in [2.24, 2.45) is 0 Å². The number of carbonyl (C=O) groups excluding carboxylic acids is 1. The molecule has 1 aliphatic carbocycles. The van der Waals surface area contributed by atoms with Gasteiger partial charge in [0, 0.05) is 19.6 Å². The number of hydrogen-bond donors (Lipinski definition) is 1. The molecule has 1 aliphatic heterocycles. The van der Waals surface area contributed by atoms with Crippen LogP contribution in [0.1, 0.15) is 49.9 Å². The first-order chi connectivity index (χ1) is 10.5. The van der Waals surface area contributed by atoms with Gasteiger partial charge in [-0.3, -0.25) is 9.69 Å². The van der Waals surface area contributed by atoms with E-state index in [1.807, 2.05) is 7.05 Å². The van der Waals surface area contributed by atoms with E-state index in [0.29, 0.717) is 37.6 Å². The van der Waals surface area contributed by atoms with E-state index in [0.717, 1.165) is 25.8 Å². The second kappa shape index (κ2) is 5.96. The van der Waals surface area contributed by atoms with Crippen LogP contribution in [0.3, 0.4) is 0 Å². The van der Waals surface area contributed by atoms with Crippen molar-refractivity contribution in [3.8, 4) is 0 Å². The number of aliphatic hydroxyl groups is 1. The molecule has 1 saturated heterocycles. The predicted octanol–water partition coefficient (Wildman–Crippen LogP) is 0.888. The molecule has 2 fully saturated rings. The topological polar surface area (TPSA) is 82.7 Å². The van der Waals surface area contributed by atoms with Gasteiger partial charge in [-0.15, -0.1) is 0 Å². The van der Waals surface area contributed by atoms with Crippen LogP contribution in [0.2, 0.25) is 0 Å². The minimum absolute atomic E-state index is 0.105. The van der Waals surface area contributed by atoms with Crippen molar-refractivity contribution in [3.63, 3.8) is 0 Å². The van der Waals surface area contributed by atoms with E-state index < -0.39 is 5.60 Å². The fraction of sp³-hybridized carbons (Fsp3) is 0.800. The van der Waals surface area contributed by atoms with E-state index in [4.69, 9.17) is 4.52 Å². The first-order valence-corrected chi connectivity index (χ1v) is 8.02. The Kier molecular flexibility index (Phi) is 4.18. The van der Waals surface area contributed by atoms with E-state index in [1.165, 1.54) is 0 Å². The van der Waals surface area contributed by atoms with Crippen molar-refractivity contribution in [1.29, 1.82) is 0 Å². The van der Waals surface area contributed by atoms with Crippen molar-refractivity contribution in [1.82, 2.24) is 19.9 Å². The summed E-state index contributed by atoms with van der Waals surface area (Å²) in [6, 6.07) is -0.105. The van der Waals surface area contributed by atoms with Crippen LogP contribution >= 0.6 is 0 Å². The van der Waals surface area contributed by atoms with E-state index in [-0.39, 0.29) is 11.9 Å². The summed E-state index contributed by atoms with van der Waals surface area (Å²) in [5, 5.41) is 14.5. The summed E-state index contributed by atoms with van der Waals surface area (Å²) in [7, 11) is 1.99. The molecule has 122 valence electrons. The third-order valence-corrected chi connectivity index (χ3v) is 4.84. The van der Waals surface area contributed by atoms with Gasteiger partial charge in [-0.1, -0.05) is 24.4 Å². The van der Waals surface area contributed by atoms with Gasteiger partial charge in [0.2, 0.25) is 5.89 Å². The smallest absolute Gasteiger partial charge is 0.254 e. The molecule has 1 amide bonds. The molecule has 3 rings (SSSR count). The highest BCUT2D eigenvalue weighted by Crippen LogP contribution is 2.32. The monoisotopic (exact) mass is 308 g/mol. The van der Waals surface area contributed by atoms with Crippen LogP contribution in [0.15, 0.2) is 4.52 Å². The Morgan fingerprint density at radius 3 is 2.68 bits per heavy atom. The Bertz CT molecular complexity index is 539. The lowest BCUT2D eigenvalue weighted by atomic mass is 9.83. The third-order valence-electron chi connectivity index (χ3n) is 4.84. The van der Waals surface area contributed by atoms with E-state index in [9.17, 15) is 9.90 Å². The average molecular weight is 308 g/mol. The molecule has 0 radical (unpaired) electrons. The predicted molar refractivity (Wildman–Crippen MR) is 79.0 cm³/mol. The van der Waals surface area contributed by atoms with Crippen molar-refractivity contribution in [3.05, 3.63) is 11.7 Å². The van der Waals surface area contributed by atoms with Gasteiger partial charge in [0.15, 0.2) is 5.82 Å². The maximum absolute atomic E-state index is 12.8. The Morgan fingerprint density at radius 1 is 1.32 bits per heavy atom. The molecule has 1 atom stereocenters. The zero-order valence-corrected chi connectivity index (χ0v) is 13.3. The molecular weight excluding hydrogens is 284 g/mol. The van der Waals surface area contributed by atoms with Crippen LogP contribution in [0.4, 0.5) is 0 Å². The van der Waals surface area contributed by atoms with Crippen molar-refractivity contribution < 1.29 is 14.4 Å². The zero-order chi connectivity index (χ0) is 15.7. The molecule has 1 aromatic rings. The molecular formula is C15H24N4O3. The van der Waals surface area contributed by atoms with E-state index in [1.54, 1.807) is 11.8 Å². The SMILES string of the molecule is Cc1noc([C@H]2CN(C(=O)C3(O)CCCCC3)CCN2C)n1. The summed E-state index contributed by atoms with van der Waals surface area (Å²) >= 11 is 0. The van der Waals surface area contributed by atoms with Crippen LogP contribution in [0, 0.1) is 6.92 Å². The van der Waals surface area contributed by atoms with Crippen molar-refractivity contribution in [2.75, 3.05) is 26.7 Å². The number of aromatic nitrogens is 2. The van der Waals surface area contributed by atoms with Gasteiger partial charge in [-0.05, 0) is 26.8 Å². The normalized spacial score (nSPS) is 26.1. The quantitative estimate of drug-likeness (QED) is 0.873. The maximum Gasteiger partial charge on any atom is 0.254 e. The summed E-state index contributed by atoms with van der Waals surface area (Å²) in [4.78, 5) is 20.9. The molecule has 7 nitrogen and oxygen atoms in total. The van der Waals surface area contributed by atoms with Crippen LogP contribution < -0.4 is 0 Å². The first-order valence-electron chi connectivity index (χ1n) is 8.02. The lowest BCUT2D eigenvalue weighted by Crippen LogP contribution is -2.56. The fourth-order valence-electron chi connectivity index (χ4n) is 3.42. The summed E-state index contributed by atoms with van der Waals surface area (Å²) in [5.74, 6) is 0.993. The number of nitrogens with zero attached hydrogens (tertiary/aromatic N) is 4. The molecule has 1 N–H and O–H groups in total. The van der Waals surface area contributed by atoms with Gasteiger partial charge in [0.1, 0.15) is 11.6 Å². The van der Waals surface area contributed by atoms with Crippen LogP contribution in [0.5, 0.6) is 0 Å². The Labute approximate surface area is 130 Å². The molecule has 1 aromatic heterocycles. The van der Waals surface area contributed by atoms with Crippen LogP contribution in [-0.2, 0) is 4.79 Å². The van der Waals surface area contributed by atoms with Gasteiger partial charge in [-0.2, -0.15) is 4.98 Å². The standard InChI is InChI=1S/C15H24N4O3/c1-11-16-13(22-17-11)12-10-19(9-8-18(12)2)14(20)15(21)6-4-3-5-7-15/h12,21H,3-10H2,1-2H3/t12-/m1/s1. The van der Waals surface area contributed by atoms with Crippen molar-refractivity contribution in [2.45, 2.75) is 50.7 Å². The minimum Gasteiger partial charge on any atom is -0.380 e. The summed E-state index contributed by atoms with van der Waals surface area (Å²) < 4.78 is 5.27. The summed E-state index contributed by atoms with van der Waals surface area (Å²) in [5.41, 5.74) is -1.18. The molecule has 0 bridgehead atoms. The molecule has 0 aromatic carbocycles. The Morgan fingerprint density at radius 2 is 2.05 bits per heavy atom. The van der Waals surface area contributed by atoms with Gasteiger partial charge in [-0.25, -0.2) is 0 Å². The molecule has 1 saturated carbocycles. The largest absolute Gasteiger partial charge is 0.380 e. The number of piperazine rings is 1. The lowest BCUT2D eigenvalue weighted by Gasteiger charge is -2.42. The van der Waals surface area contributed by atoms with E-state index in [2.05, 4.69) is 15.0 Å². The molecule has 2 heterocycles. The summed E-state index contributed by atoms with van der Waals surface area (Å²) in [6.45, 7) is 3.62. The number of amides is 1. The van der Waals surface area contributed by atoms with Crippen LogP contribution in [-0.4, -0.2) is 63.2 Å². The maximum atomic E-state index is 12.8. The molecule has 2 aliphatic rings. The van der Waals surface area contributed by atoms with Gasteiger partial charge < -0.3 is 14.5 Å². The van der Waals surface area contributed by atoms with Crippen molar-refractivity contribution >= 4 is 5.91 Å². The third kappa shape index (κ3) is 2.87. The highest BCUT2D eigenvalue weighted by molar-refractivity contribution is 5.85. The molecule has 22 heavy (non-hydrogen) atoms. The number of rotatable bonds is 2. The Hall–Kier alpha value is -1.47. The summed E-state index contributed by atoms with van der Waals surface area (Å²) in [6.07, 6.45) is 4.08. The highest BCUT2D eigenvalue weighted by atomic mass is 16.5. The Balaban J connectivity index is 1.73. The number of likely N-dealkylation sites (N-methyl/N-ethyl adjacent to an activating group) is 1.